The van der Waals surface area contributed by atoms with Gasteiger partial charge in [0, 0.05) is 11.8 Å². The Morgan fingerprint density at radius 2 is 1.65 bits per heavy atom. The summed E-state index contributed by atoms with van der Waals surface area (Å²) in [6.45, 7) is 0. The highest BCUT2D eigenvalue weighted by molar-refractivity contribution is 6.35. The molecule has 2 aromatic carbocycles. The molecular weight excluding hydrogens is 336 g/mol. The van der Waals surface area contributed by atoms with Crippen LogP contribution in [0.4, 0.5) is 4.39 Å². The maximum Gasteiger partial charge on any atom is 0.224 e. The van der Waals surface area contributed by atoms with Crippen LogP contribution in [-0.4, -0.2) is 15.0 Å². The molecule has 4 rings (SSSR count). The van der Waals surface area contributed by atoms with Crippen LogP contribution in [0.1, 0.15) is 0 Å². The Morgan fingerprint density at radius 3 is 2.52 bits per heavy atom. The molecule has 0 unspecified atom stereocenters. The molecule has 3 nitrogen and oxygen atoms in total. The van der Waals surface area contributed by atoms with Gasteiger partial charge in [0.25, 0.3) is 0 Å². The molecule has 0 aliphatic heterocycles. The fourth-order valence-corrected chi connectivity index (χ4v) is 3.05. The van der Waals surface area contributed by atoms with Crippen LogP contribution in [0.25, 0.3) is 32.9 Å². The Labute approximate surface area is 140 Å². The summed E-state index contributed by atoms with van der Waals surface area (Å²) in [6.07, 6.45) is 1.47. The molecule has 0 spiro atoms. The first-order valence-corrected chi connectivity index (χ1v) is 7.56. The molecule has 0 amide bonds. The third-order valence-corrected chi connectivity index (χ3v) is 4.11. The van der Waals surface area contributed by atoms with Crippen molar-refractivity contribution < 1.29 is 4.39 Å². The zero-order chi connectivity index (χ0) is 16.0. The van der Waals surface area contributed by atoms with Crippen LogP contribution in [0.2, 0.25) is 10.4 Å². The van der Waals surface area contributed by atoms with Gasteiger partial charge in [-0.05, 0) is 22.4 Å². The molecule has 0 atom stereocenters. The molecule has 0 bridgehead atoms. The summed E-state index contributed by atoms with van der Waals surface area (Å²) < 4.78 is 15.0. The lowest BCUT2D eigenvalue weighted by molar-refractivity contribution is 0.635. The van der Waals surface area contributed by atoms with Crippen molar-refractivity contribution in [2.24, 2.45) is 0 Å². The minimum atomic E-state index is -0.565. The molecule has 23 heavy (non-hydrogen) atoms. The first kappa shape index (κ1) is 14.3. The highest BCUT2D eigenvalue weighted by atomic mass is 35.5. The van der Waals surface area contributed by atoms with E-state index >= 15 is 0 Å². The van der Waals surface area contributed by atoms with Crippen LogP contribution in [0.15, 0.2) is 48.7 Å². The molecule has 0 saturated carbocycles. The van der Waals surface area contributed by atoms with E-state index in [-0.39, 0.29) is 21.6 Å². The van der Waals surface area contributed by atoms with Gasteiger partial charge in [0.2, 0.25) is 5.28 Å². The number of hydrogen-bond acceptors (Lipinski definition) is 3. The Hall–Kier alpha value is -2.30. The number of aromatic nitrogens is 3. The minimum Gasteiger partial charge on any atom is -0.252 e. The Balaban J connectivity index is 2.08. The van der Waals surface area contributed by atoms with E-state index in [9.17, 15) is 4.39 Å². The summed E-state index contributed by atoms with van der Waals surface area (Å²) in [6, 6.07) is 13.4. The van der Waals surface area contributed by atoms with E-state index in [4.69, 9.17) is 23.2 Å². The summed E-state index contributed by atoms with van der Waals surface area (Å²) in [5, 5.41) is 2.22. The normalized spacial score (nSPS) is 11.3. The molecule has 0 saturated heterocycles. The second-order valence-electron chi connectivity index (χ2n) is 4.99. The molecule has 0 aliphatic rings. The van der Waals surface area contributed by atoms with Crippen LogP contribution < -0.4 is 0 Å². The topological polar surface area (TPSA) is 38.7 Å². The lowest BCUT2D eigenvalue weighted by Gasteiger charge is -2.09. The number of hydrogen-bond donors (Lipinski definition) is 0. The zero-order valence-electron chi connectivity index (χ0n) is 11.6. The second-order valence-corrected chi connectivity index (χ2v) is 5.69. The Bertz CT molecular complexity index is 1060. The average Bonchev–Trinajstić information content (AvgIpc) is 2.55. The van der Waals surface area contributed by atoms with Gasteiger partial charge in [-0.2, -0.15) is 0 Å². The molecule has 0 fully saturated rings. The fourth-order valence-electron chi connectivity index (χ4n) is 2.62. The largest absolute Gasteiger partial charge is 0.252 e. The van der Waals surface area contributed by atoms with Crippen molar-refractivity contribution in [1.29, 1.82) is 0 Å². The standard InChI is InChI=1S/C17H8Cl2FN3/c18-16-12-8-21-14(13(20)15(12)22-17(19)23-16)11-7-3-5-9-4-1-2-6-10(9)11/h1-8H. The SMILES string of the molecule is Fc1c(-c2cccc3ccccc23)ncc2c(Cl)nc(Cl)nc12. The van der Waals surface area contributed by atoms with Gasteiger partial charge in [0.05, 0.1) is 5.39 Å². The predicted octanol–water partition coefficient (Wildman–Crippen LogP) is 5.29. The molecule has 6 heteroatoms. The van der Waals surface area contributed by atoms with Crippen molar-refractivity contribution in [2.75, 3.05) is 0 Å². The van der Waals surface area contributed by atoms with Crippen molar-refractivity contribution in [2.45, 2.75) is 0 Å². The number of pyridine rings is 1. The molecule has 0 radical (unpaired) electrons. The summed E-state index contributed by atoms with van der Waals surface area (Å²) >= 11 is 11.8. The molecule has 2 aromatic heterocycles. The monoisotopic (exact) mass is 343 g/mol. The van der Waals surface area contributed by atoms with E-state index in [0.29, 0.717) is 10.9 Å². The lowest BCUT2D eigenvalue weighted by atomic mass is 10.0. The lowest BCUT2D eigenvalue weighted by Crippen LogP contribution is -1.96. The highest BCUT2D eigenvalue weighted by Crippen LogP contribution is 2.33. The first-order valence-electron chi connectivity index (χ1n) is 6.80. The quantitative estimate of drug-likeness (QED) is 0.348. The fraction of sp³-hybridized carbons (Fsp3) is 0. The van der Waals surface area contributed by atoms with Gasteiger partial charge in [0.1, 0.15) is 16.4 Å². The number of halogens is 3. The van der Waals surface area contributed by atoms with Crippen molar-refractivity contribution in [1.82, 2.24) is 15.0 Å². The van der Waals surface area contributed by atoms with Crippen molar-refractivity contribution in [3.63, 3.8) is 0 Å². The van der Waals surface area contributed by atoms with Gasteiger partial charge in [-0.3, -0.25) is 4.98 Å². The maximum atomic E-state index is 15.0. The number of rotatable bonds is 1. The third kappa shape index (κ3) is 2.31. The Kier molecular flexibility index (Phi) is 3.36. The summed E-state index contributed by atoms with van der Waals surface area (Å²) in [7, 11) is 0. The van der Waals surface area contributed by atoms with Crippen LogP contribution >= 0.6 is 23.2 Å². The summed E-state index contributed by atoms with van der Waals surface area (Å²) in [4.78, 5) is 12.0. The van der Waals surface area contributed by atoms with Crippen molar-refractivity contribution >= 4 is 44.9 Å². The van der Waals surface area contributed by atoms with Crippen molar-refractivity contribution in [3.05, 3.63) is 64.9 Å². The molecule has 0 aliphatic carbocycles. The van der Waals surface area contributed by atoms with E-state index in [1.807, 2.05) is 42.5 Å². The Morgan fingerprint density at radius 1 is 0.870 bits per heavy atom. The summed E-state index contributed by atoms with van der Waals surface area (Å²) in [5.41, 5.74) is 0.960. The van der Waals surface area contributed by atoms with E-state index in [0.717, 1.165) is 10.8 Å². The maximum absolute atomic E-state index is 15.0. The van der Waals surface area contributed by atoms with E-state index in [1.54, 1.807) is 0 Å². The molecular formula is C17H8Cl2FN3. The van der Waals surface area contributed by atoms with Gasteiger partial charge >= 0.3 is 0 Å². The highest BCUT2D eigenvalue weighted by Gasteiger charge is 2.17. The second kappa shape index (κ2) is 5.41. The van der Waals surface area contributed by atoms with Gasteiger partial charge in [-0.1, -0.05) is 54.1 Å². The molecule has 2 heterocycles. The smallest absolute Gasteiger partial charge is 0.224 e. The van der Waals surface area contributed by atoms with Crippen LogP contribution in [-0.2, 0) is 0 Å². The van der Waals surface area contributed by atoms with Crippen LogP contribution in [0, 0.1) is 5.82 Å². The van der Waals surface area contributed by atoms with Gasteiger partial charge in [0.15, 0.2) is 5.82 Å². The molecule has 0 N–H and O–H groups in total. The first-order chi connectivity index (χ1) is 11.1. The number of benzene rings is 2. The predicted molar refractivity (Wildman–Crippen MR) is 90.3 cm³/mol. The average molecular weight is 344 g/mol. The van der Waals surface area contributed by atoms with Gasteiger partial charge in [-0.15, -0.1) is 0 Å². The van der Waals surface area contributed by atoms with Crippen molar-refractivity contribution in [3.8, 4) is 11.3 Å². The number of nitrogens with zero attached hydrogens (tertiary/aromatic N) is 3. The zero-order valence-corrected chi connectivity index (χ0v) is 13.1. The van der Waals surface area contributed by atoms with Gasteiger partial charge in [-0.25, -0.2) is 14.4 Å². The van der Waals surface area contributed by atoms with E-state index in [1.165, 1.54) is 6.20 Å². The summed E-state index contributed by atoms with van der Waals surface area (Å²) in [5.74, 6) is -0.565. The minimum absolute atomic E-state index is 0.0629. The van der Waals surface area contributed by atoms with Crippen LogP contribution in [0.3, 0.4) is 0 Å². The van der Waals surface area contributed by atoms with E-state index < -0.39 is 5.82 Å². The third-order valence-electron chi connectivity index (χ3n) is 3.66. The molecule has 112 valence electrons. The van der Waals surface area contributed by atoms with Crippen LogP contribution in [0.5, 0.6) is 0 Å². The van der Waals surface area contributed by atoms with E-state index in [2.05, 4.69) is 15.0 Å². The van der Waals surface area contributed by atoms with Gasteiger partial charge < -0.3 is 0 Å². The molecule has 4 aromatic rings. The number of fused-ring (bicyclic) bond motifs is 2.